The van der Waals surface area contributed by atoms with E-state index in [1.807, 2.05) is 49.4 Å². The fraction of sp³-hybridized carbons (Fsp3) is 0.440. The van der Waals surface area contributed by atoms with E-state index >= 15 is 0 Å². The molecule has 34 heavy (non-hydrogen) atoms. The van der Waals surface area contributed by atoms with Crippen molar-refractivity contribution in [3.63, 3.8) is 0 Å². The summed E-state index contributed by atoms with van der Waals surface area (Å²) in [7, 11) is -1.98. The molecule has 2 heterocycles. The van der Waals surface area contributed by atoms with Crippen LogP contribution in [0.15, 0.2) is 54.6 Å². The first-order chi connectivity index (χ1) is 16.3. The number of nitrogens with one attached hydrogen (secondary N) is 1. The summed E-state index contributed by atoms with van der Waals surface area (Å²) in [5, 5.41) is 2.01. The number of hydrogen-bond donors (Lipinski definition) is 1. The van der Waals surface area contributed by atoms with Crippen molar-refractivity contribution in [3.8, 4) is 0 Å². The average molecular weight is 486 g/mol. The van der Waals surface area contributed by atoms with E-state index in [4.69, 9.17) is 4.74 Å². The molecule has 3 atom stereocenters. The minimum atomic E-state index is -3.52. The average Bonchev–Trinajstić information content (AvgIpc) is 2.87. The molecule has 2 aromatic rings. The third-order valence-corrected chi connectivity index (χ3v) is 9.05. The van der Waals surface area contributed by atoms with Gasteiger partial charge in [-0.1, -0.05) is 42.5 Å². The van der Waals surface area contributed by atoms with Crippen molar-refractivity contribution in [1.29, 1.82) is 0 Å². The number of likely N-dealkylation sites (N-methyl/N-ethyl adjacent to an activating group) is 1. The summed E-state index contributed by atoms with van der Waals surface area (Å²) in [5.74, 6) is -0.427. The van der Waals surface area contributed by atoms with Crippen molar-refractivity contribution in [2.24, 2.45) is 0 Å². The highest BCUT2D eigenvalue weighted by Gasteiger charge is 2.39. The Kier molecular flexibility index (Phi) is 7.35. The Hall–Kier alpha value is -2.75. The number of morpholine rings is 1. The van der Waals surface area contributed by atoms with E-state index < -0.39 is 21.4 Å². The maximum Gasteiger partial charge on any atom is 0.254 e. The maximum absolute atomic E-state index is 13.4. The molecule has 1 N–H and O–H groups in total. The van der Waals surface area contributed by atoms with Gasteiger partial charge in [-0.3, -0.25) is 9.59 Å². The molecule has 9 heteroatoms. The summed E-state index contributed by atoms with van der Waals surface area (Å²) in [5.41, 5.74) is 2.15. The second kappa shape index (κ2) is 10.2. The van der Waals surface area contributed by atoms with E-state index in [9.17, 15) is 18.0 Å². The Morgan fingerprint density at radius 3 is 2.44 bits per heavy atom. The number of nitrogens with zero attached hydrogens (tertiary/aromatic N) is 2. The SMILES string of the molecule is CNC(=O)C1CN(C(=O)c2ccc(C(C)N3CCCC(c4ccccc4)S3(=O)=O)cc2)CCO1. The molecule has 2 aliphatic rings. The standard InChI is InChI=1S/C25H31N3O5S/c1-18(28-14-6-9-23(34(28,31)32)20-7-4-3-5-8-20)19-10-12-21(13-11-19)25(30)27-15-16-33-22(17-27)24(29)26-2/h3-5,7-8,10-13,18,22-23H,6,9,14-17H2,1-2H3,(H,26,29). The number of amides is 2. The molecular formula is C25H31N3O5S. The van der Waals surface area contributed by atoms with Crippen LogP contribution < -0.4 is 5.32 Å². The normalized spacial score (nSPS) is 23.8. The van der Waals surface area contributed by atoms with Crippen LogP contribution in [-0.4, -0.2) is 68.8 Å². The molecule has 2 aliphatic heterocycles. The number of carbonyl (C=O) groups excluding carboxylic acids is 2. The van der Waals surface area contributed by atoms with Crippen molar-refractivity contribution >= 4 is 21.8 Å². The molecule has 0 spiro atoms. The monoisotopic (exact) mass is 485 g/mol. The van der Waals surface area contributed by atoms with E-state index in [-0.39, 0.29) is 24.4 Å². The van der Waals surface area contributed by atoms with E-state index in [0.29, 0.717) is 31.7 Å². The first-order valence-electron chi connectivity index (χ1n) is 11.6. The Morgan fingerprint density at radius 1 is 1.06 bits per heavy atom. The van der Waals surface area contributed by atoms with Crippen LogP contribution in [0.4, 0.5) is 0 Å². The van der Waals surface area contributed by atoms with E-state index in [0.717, 1.165) is 17.5 Å². The lowest BCUT2D eigenvalue weighted by Crippen LogP contribution is -2.51. The van der Waals surface area contributed by atoms with Gasteiger partial charge in [0.2, 0.25) is 10.0 Å². The minimum absolute atomic E-state index is 0.175. The van der Waals surface area contributed by atoms with Gasteiger partial charge in [0.25, 0.3) is 11.8 Å². The van der Waals surface area contributed by atoms with Gasteiger partial charge in [-0.05, 0) is 43.0 Å². The summed E-state index contributed by atoms with van der Waals surface area (Å²) in [6.45, 7) is 3.27. The molecule has 2 aromatic carbocycles. The van der Waals surface area contributed by atoms with Crippen LogP contribution in [0.3, 0.4) is 0 Å². The van der Waals surface area contributed by atoms with Crippen molar-refractivity contribution in [1.82, 2.24) is 14.5 Å². The molecule has 8 nitrogen and oxygen atoms in total. The highest BCUT2D eigenvalue weighted by molar-refractivity contribution is 7.89. The van der Waals surface area contributed by atoms with Crippen molar-refractivity contribution < 1.29 is 22.7 Å². The molecular weight excluding hydrogens is 454 g/mol. The van der Waals surface area contributed by atoms with Gasteiger partial charge in [-0.25, -0.2) is 8.42 Å². The van der Waals surface area contributed by atoms with Gasteiger partial charge in [0.05, 0.1) is 13.2 Å². The smallest absolute Gasteiger partial charge is 0.254 e. The van der Waals surface area contributed by atoms with Crippen LogP contribution in [0.1, 0.15) is 52.5 Å². The van der Waals surface area contributed by atoms with Crippen LogP contribution >= 0.6 is 0 Å². The molecule has 182 valence electrons. The van der Waals surface area contributed by atoms with E-state index in [1.165, 1.54) is 7.05 Å². The fourth-order valence-corrected chi connectivity index (χ4v) is 6.94. The molecule has 0 aliphatic carbocycles. The van der Waals surface area contributed by atoms with Gasteiger partial charge in [0.1, 0.15) is 5.25 Å². The Labute approximate surface area is 200 Å². The number of rotatable bonds is 5. The summed E-state index contributed by atoms with van der Waals surface area (Å²) < 4.78 is 33.9. The molecule has 0 saturated carbocycles. The highest BCUT2D eigenvalue weighted by Crippen LogP contribution is 2.38. The zero-order chi connectivity index (χ0) is 24.3. The largest absolute Gasteiger partial charge is 0.365 e. The summed E-state index contributed by atoms with van der Waals surface area (Å²) in [4.78, 5) is 26.5. The predicted octanol–water partition coefficient (Wildman–Crippen LogP) is 2.50. The Balaban J connectivity index is 1.48. The molecule has 2 saturated heterocycles. The molecule has 4 rings (SSSR count). The first kappa shape index (κ1) is 24.4. The van der Waals surface area contributed by atoms with E-state index in [1.54, 1.807) is 21.3 Å². The van der Waals surface area contributed by atoms with Crippen LogP contribution in [0.5, 0.6) is 0 Å². The summed E-state index contributed by atoms with van der Waals surface area (Å²) in [6, 6.07) is 16.1. The second-order valence-corrected chi connectivity index (χ2v) is 10.8. The Morgan fingerprint density at radius 2 is 1.76 bits per heavy atom. The van der Waals surface area contributed by atoms with Crippen LogP contribution in [0.2, 0.25) is 0 Å². The lowest BCUT2D eigenvalue weighted by Gasteiger charge is -2.36. The third-order valence-electron chi connectivity index (χ3n) is 6.67. The van der Waals surface area contributed by atoms with E-state index in [2.05, 4.69) is 5.32 Å². The number of hydrogen-bond acceptors (Lipinski definition) is 5. The van der Waals surface area contributed by atoms with Crippen molar-refractivity contribution in [2.75, 3.05) is 33.3 Å². The van der Waals surface area contributed by atoms with Crippen molar-refractivity contribution in [2.45, 2.75) is 37.2 Å². The number of carbonyl (C=O) groups is 2. The number of ether oxygens (including phenoxy) is 1. The fourth-order valence-electron chi connectivity index (χ4n) is 4.70. The van der Waals surface area contributed by atoms with Crippen molar-refractivity contribution in [3.05, 3.63) is 71.3 Å². The second-order valence-electron chi connectivity index (χ2n) is 8.72. The summed E-state index contributed by atoms with van der Waals surface area (Å²) >= 11 is 0. The maximum atomic E-state index is 13.4. The highest BCUT2D eigenvalue weighted by atomic mass is 32.2. The Bertz CT molecular complexity index is 1120. The predicted molar refractivity (Wildman–Crippen MR) is 129 cm³/mol. The zero-order valence-electron chi connectivity index (χ0n) is 19.5. The number of sulfonamides is 1. The molecule has 2 amide bonds. The van der Waals surface area contributed by atoms with Gasteiger partial charge in [-0.15, -0.1) is 0 Å². The van der Waals surface area contributed by atoms with Crippen LogP contribution in [0, 0.1) is 0 Å². The minimum Gasteiger partial charge on any atom is -0.365 e. The van der Waals surface area contributed by atoms with Crippen LogP contribution in [-0.2, 0) is 19.6 Å². The molecule has 0 aromatic heterocycles. The lowest BCUT2D eigenvalue weighted by molar-refractivity contribution is -0.136. The topological polar surface area (TPSA) is 96.0 Å². The third kappa shape index (κ3) is 4.87. The van der Waals surface area contributed by atoms with Gasteiger partial charge >= 0.3 is 0 Å². The number of benzene rings is 2. The molecule has 2 fully saturated rings. The van der Waals surface area contributed by atoms with Gasteiger partial charge in [0, 0.05) is 31.7 Å². The summed E-state index contributed by atoms with van der Waals surface area (Å²) in [6.07, 6.45) is 0.729. The van der Waals surface area contributed by atoms with Crippen LogP contribution in [0.25, 0.3) is 0 Å². The zero-order valence-corrected chi connectivity index (χ0v) is 20.3. The molecule has 0 bridgehead atoms. The van der Waals surface area contributed by atoms with Gasteiger partial charge in [-0.2, -0.15) is 4.31 Å². The van der Waals surface area contributed by atoms with Gasteiger partial charge < -0.3 is 15.0 Å². The first-order valence-corrected chi connectivity index (χ1v) is 13.1. The lowest BCUT2D eigenvalue weighted by atomic mass is 10.0. The van der Waals surface area contributed by atoms with Gasteiger partial charge in [0.15, 0.2) is 6.10 Å². The molecule has 0 radical (unpaired) electrons. The quantitative estimate of drug-likeness (QED) is 0.702. The molecule has 3 unspecified atom stereocenters.